The van der Waals surface area contributed by atoms with Crippen LogP contribution in [0.1, 0.15) is 77.5 Å². The Balaban J connectivity index is 0.876. The van der Waals surface area contributed by atoms with Gasteiger partial charge in [0, 0.05) is 0 Å². The van der Waals surface area contributed by atoms with E-state index in [1.807, 2.05) is 6.08 Å². The molecule has 0 nitrogen and oxygen atoms in total. The summed E-state index contributed by atoms with van der Waals surface area (Å²) in [7, 11) is 0. The minimum absolute atomic E-state index is 0.300. The fourth-order valence-electron chi connectivity index (χ4n) is 13.1. The maximum absolute atomic E-state index is 3.99. The zero-order valence-corrected chi connectivity index (χ0v) is 31.3. The highest BCUT2D eigenvalue weighted by Gasteiger charge is 2.58. The summed E-state index contributed by atoms with van der Waals surface area (Å²) < 4.78 is 0. The summed E-state index contributed by atoms with van der Waals surface area (Å²) >= 11 is 0. The van der Waals surface area contributed by atoms with Gasteiger partial charge in [-0.2, -0.15) is 0 Å². The Morgan fingerprint density at radius 2 is 0.818 bits per heavy atom. The molecule has 1 spiro atoms. The second-order valence-corrected chi connectivity index (χ2v) is 17.6. The van der Waals surface area contributed by atoms with Gasteiger partial charge in [0.25, 0.3) is 0 Å². The van der Waals surface area contributed by atoms with Gasteiger partial charge in [0.2, 0.25) is 0 Å². The van der Waals surface area contributed by atoms with Crippen molar-refractivity contribution in [2.45, 2.75) is 54.8 Å². The number of hydrogen-bond acceptors (Lipinski definition) is 0. The lowest BCUT2D eigenvalue weighted by Gasteiger charge is -2.63. The van der Waals surface area contributed by atoms with Crippen molar-refractivity contribution in [2.24, 2.45) is 11.8 Å². The van der Waals surface area contributed by atoms with E-state index in [9.17, 15) is 0 Å². The third kappa shape index (κ3) is 4.34. The molecule has 0 aliphatic heterocycles. The molecule has 0 aromatic heterocycles. The molecule has 6 aliphatic carbocycles. The Morgan fingerprint density at radius 1 is 0.418 bits per heavy atom. The van der Waals surface area contributed by atoms with E-state index in [0.29, 0.717) is 10.8 Å². The largest absolute Gasteiger partial charge is 0.0985 e. The van der Waals surface area contributed by atoms with Crippen LogP contribution in [0.15, 0.2) is 170 Å². The van der Waals surface area contributed by atoms with E-state index in [1.54, 1.807) is 11.1 Å². The average Bonchev–Trinajstić information content (AvgIpc) is 3.70. The summed E-state index contributed by atoms with van der Waals surface area (Å²) in [5.41, 5.74) is 20.7. The van der Waals surface area contributed by atoms with Crippen LogP contribution < -0.4 is 0 Å². The predicted octanol–water partition coefficient (Wildman–Crippen LogP) is 13.8. The molecule has 2 unspecified atom stereocenters. The quantitative estimate of drug-likeness (QED) is 0.167. The Bertz CT molecular complexity index is 2590. The van der Waals surface area contributed by atoms with Gasteiger partial charge >= 0.3 is 0 Å². The topological polar surface area (TPSA) is 0 Å². The molecule has 4 bridgehead atoms. The molecule has 13 rings (SSSR count). The summed E-state index contributed by atoms with van der Waals surface area (Å²) in [6.07, 6.45) is 10.1. The van der Waals surface area contributed by atoms with Gasteiger partial charge in [0.15, 0.2) is 0 Å². The average molecular weight is 705 g/mol. The van der Waals surface area contributed by atoms with Crippen LogP contribution in [0.5, 0.6) is 0 Å². The summed E-state index contributed by atoms with van der Waals surface area (Å²) in [6, 6.07) is 62.9. The summed E-state index contributed by atoms with van der Waals surface area (Å²) in [5, 5.41) is 0. The Hall–Kier alpha value is -5.72. The lowest BCUT2D eigenvalue weighted by atomic mass is 9.41. The molecule has 55 heavy (non-hydrogen) atoms. The van der Waals surface area contributed by atoms with Gasteiger partial charge in [-0.05, 0) is 151 Å². The Labute approximate surface area is 325 Å². The molecule has 4 fully saturated rings. The molecule has 0 saturated heterocycles. The first-order chi connectivity index (χ1) is 27.1. The van der Waals surface area contributed by atoms with Crippen LogP contribution in [0.25, 0.3) is 50.6 Å². The van der Waals surface area contributed by atoms with Crippen LogP contribution in [0.3, 0.4) is 0 Å². The molecule has 7 aromatic rings. The maximum atomic E-state index is 3.99. The lowest BCUT2D eigenvalue weighted by Crippen LogP contribution is -2.55. The van der Waals surface area contributed by atoms with Crippen LogP contribution in [0, 0.1) is 11.8 Å². The molecule has 0 amide bonds. The van der Waals surface area contributed by atoms with Crippen LogP contribution in [-0.2, 0) is 16.2 Å². The second kappa shape index (κ2) is 11.4. The standard InChI is InChI=1S/C55H44/c1-2-36-15-24-43(25-16-36)53-31-37-29-38(32-53)34-54(33-37,35-53)44-26-21-40(22-27-44)39-17-19-41(20-18-39)42-23-28-48-47-11-5-8-14-51(47)55(52(48)30-42)49-12-6-3-9-45(49)46-10-4-7-13-50(46)55/h2-28,30,37-38H,1,29,31-35H2. The van der Waals surface area contributed by atoms with Gasteiger partial charge in [-0.25, -0.2) is 0 Å². The fourth-order valence-corrected chi connectivity index (χ4v) is 13.1. The molecule has 0 radical (unpaired) electrons. The van der Waals surface area contributed by atoms with Gasteiger partial charge in [0.1, 0.15) is 0 Å². The van der Waals surface area contributed by atoms with E-state index >= 15 is 0 Å². The molecule has 264 valence electrons. The molecule has 0 heterocycles. The molecule has 0 N–H and O–H groups in total. The highest BCUT2D eigenvalue weighted by atomic mass is 14.6. The predicted molar refractivity (Wildman–Crippen MR) is 228 cm³/mol. The molecule has 2 atom stereocenters. The van der Waals surface area contributed by atoms with E-state index < -0.39 is 0 Å². The van der Waals surface area contributed by atoms with Crippen molar-refractivity contribution in [2.75, 3.05) is 0 Å². The first-order valence-electron chi connectivity index (χ1n) is 20.5. The fraction of sp³-hybridized carbons (Fsp3) is 0.200. The van der Waals surface area contributed by atoms with Crippen molar-refractivity contribution in [3.63, 3.8) is 0 Å². The normalized spacial score (nSPS) is 24.3. The smallest absolute Gasteiger partial charge is 0.0725 e. The molecule has 0 heteroatoms. The molecule has 4 saturated carbocycles. The van der Waals surface area contributed by atoms with Gasteiger partial charge < -0.3 is 0 Å². The second-order valence-electron chi connectivity index (χ2n) is 17.6. The molecular weight excluding hydrogens is 661 g/mol. The van der Waals surface area contributed by atoms with Crippen LogP contribution in [0.2, 0.25) is 0 Å². The molecule has 7 aromatic carbocycles. The van der Waals surface area contributed by atoms with Crippen molar-refractivity contribution in [1.82, 2.24) is 0 Å². The maximum Gasteiger partial charge on any atom is 0.0725 e. The number of benzene rings is 7. The van der Waals surface area contributed by atoms with Crippen LogP contribution in [-0.4, -0.2) is 0 Å². The SMILES string of the molecule is C=Cc1ccc(C23CC4CC(C2)CC(c2ccc(-c5ccc(-c6ccc7c(c6)C6(c8ccccc8-c8ccccc86)c6ccccc6-7)cc5)cc2)(C4)C3)cc1. The minimum Gasteiger partial charge on any atom is -0.0985 e. The number of fused-ring (bicyclic) bond motifs is 10. The third-order valence-corrected chi connectivity index (χ3v) is 14.9. The summed E-state index contributed by atoms with van der Waals surface area (Å²) in [4.78, 5) is 0. The van der Waals surface area contributed by atoms with Crippen molar-refractivity contribution < 1.29 is 0 Å². The molecule has 6 aliphatic rings. The van der Waals surface area contributed by atoms with Crippen molar-refractivity contribution in [3.8, 4) is 44.5 Å². The first-order valence-corrected chi connectivity index (χ1v) is 20.5. The van der Waals surface area contributed by atoms with E-state index in [4.69, 9.17) is 0 Å². The van der Waals surface area contributed by atoms with E-state index in [-0.39, 0.29) is 5.41 Å². The highest BCUT2D eigenvalue weighted by Crippen LogP contribution is 2.67. The summed E-state index contributed by atoms with van der Waals surface area (Å²) in [6.45, 7) is 3.99. The molecular formula is C55H44. The summed E-state index contributed by atoms with van der Waals surface area (Å²) in [5.74, 6) is 1.68. The highest BCUT2D eigenvalue weighted by molar-refractivity contribution is 5.96. The zero-order valence-electron chi connectivity index (χ0n) is 31.3. The van der Waals surface area contributed by atoms with Crippen LogP contribution >= 0.6 is 0 Å². The first kappa shape index (κ1) is 31.6. The van der Waals surface area contributed by atoms with E-state index in [0.717, 1.165) is 11.8 Å². The minimum atomic E-state index is -0.316. The van der Waals surface area contributed by atoms with Gasteiger partial charge in [0.05, 0.1) is 5.41 Å². The Kier molecular flexibility index (Phi) is 6.55. The van der Waals surface area contributed by atoms with Gasteiger partial charge in [-0.1, -0.05) is 170 Å². The Morgan fingerprint density at radius 3 is 1.31 bits per heavy atom. The van der Waals surface area contributed by atoms with Gasteiger partial charge in [-0.15, -0.1) is 0 Å². The van der Waals surface area contributed by atoms with Crippen molar-refractivity contribution in [1.29, 1.82) is 0 Å². The van der Waals surface area contributed by atoms with Crippen molar-refractivity contribution >= 4 is 6.08 Å². The van der Waals surface area contributed by atoms with Crippen molar-refractivity contribution in [3.05, 3.63) is 209 Å². The van der Waals surface area contributed by atoms with Crippen LogP contribution in [0.4, 0.5) is 0 Å². The number of hydrogen-bond donors (Lipinski definition) is 0. The zero-order chi connectivity index (χ0) is 36.4. The van der Waals surface area contributed by atoms with E-state index in [2.05, 4.69) is 170 Å². The monoisotopic (exact) mass is 704 g/mol. The third-order valence-electron chi connectivity index (χ3n) is 14.9. The van der Waals surface area contributed by atoms with E-state index in [1.165, 1.54) is 111 Å². The number of rotatable bonds is 5. The lowest BCUT2D eigenvalue weighted by molar-refractivity contribution is -0.0281. The van der Waals surface area contributed by atoms with Gasteiger partial charge in [-0.3, -0.25) is 0 Å².